The zero-order valence-electron chi connectivity index (χ0n) is 10.4. The minimum Gasteiger partial charge on any atom is -0.496 e. The van der Waals surface area contributed by atoms with Gasteiger partial charge in [-0.15, -0.1) is 0 Å². The summed E-state index contributed by atoms with van der Waals surface area (Å²) in [5.74, 6) is 0.657. The van der Waals surface area contributed by atoms with Gasteiger partial charge in [-0.25, -0.2) is 0 Å². The molecular formula is C13H18BrNO2. The summed E-state index contributed by atoms with van der Waals surface area (Å²) < 4.78 is 6.09. The highest BCUT2D eigenvalue weighted by Crippen LogP contribution is 2.31. The lowest BCUT2D eigenvalue weighted by Gasteiger charge is -2.23. The van der Waals surface area contributed by atoms with Crippen LogP contribution >= 0.6 is 15.9 Å². The van der Waals surface area contributed by atoms with Crippen molar-refractivity contribution >= 4 is 21.7 Å². The highest BCUT2D eigenvalue weighted by Gasteiger charge is 2.29. The van der Waals surface area contributed by atoms with Crippen molar-refractivity contribution in [1.82, 2.24) is 0 Å². The molecule has 0 aromatic heterocycles. The third-order valence-electron chi connectivity index (χ3n) is 2.79. The number of hydrogen-bond donors (Lipinski definition) is 1. The molecule has 17 heavy (non-hydrogen) atoms. The van der Waals surface area contributed by atoms with E-state index in [0.717, 1.165) is 4.47 Å². The Balaban J connectivity index is 3.15. The lowest BCUT2D eigenvalue weighted by molar-refractivity contribution is 0.0826. The number of halogens is 1. The minimum absolute atomic E-state index is 0.0566. The summed E-state index contributed by atoms with van der Waals surface area (Å²) in [7, 11) is 1.57. The number of rotatable bonds is 5. The summed E-state index contributed by atoms with van der Waals surface area (Å²) in [6, 6.07) is 5.43. The Morgan fingerprint density at radius 3 is 2.65 bits per heavy atom. The van der Waals surface area contributed by atoms with Crippen molar-refractivity contribution in [1.29, 1.82) is 0 Å². The van der Waals surface area contributed by atoms with Crippen molar-refractivity contribution in [3.8, 4) is 5.75 Å². The van der Waals surface area contributed by atoms with Gasteiger partial charge in [-0.3, -0.25) is 4.79 Å². The van der Waals surface area contributed by atoms with Gasteiger partial charge >= 0.3 is 0 Å². The van der Waals surface area contributed by atoms with E-state index >= 15 is 0 Å². The van der Waals surface area contributed by atoms with Crippen molar-refractivity contribution < 1.29 is 9.53 Å². The summed E-state index contributed by atoms with van der Waals surface area (Å²) in [6.45, 7) is 4.31. The molecule has 0 unspecified atom stereocenters. The molecular weight excluding hydrogens is 282 g/mol. The molecule has 0 aliphatic heterocycles. The first kappa shape index (κ1) is 14.2. The van der Waals surface area contributed by atoms with Crippen LogP contribution in [0.25, 0.3) is 0 Å². The SMILES string of the molecule is COc1ccc(Br)cc1C(=O)C(C)(C)CCN. The summed E-state index contributed by atoms with van der Waals surface area (Å²) in [4.78, 5) is 12.4. The fraction of sp³-hybridized carbons (Fsp3) is 0.462. The van der Waals surface area contributed by atoms with Crippen molar-refractivity contribution in [3.05, 3.63) is 28.2 Å². The Hall–Kier alpha value is -0.870. The summed E-state index contributed by atoms with van der Waals surface area (Å²) in [5.41, 5.74) is 5.67. The highest BCUT2D eigenvalue weighted by molar-refractivity contribution is 9.10. The molecule has 4 heteroatoms. The van der Waals surface area contributed by atoms with E-state index in [1.54, 1.807) is 19.2 Å². The number of benzene rings is 1. The van der Waals surface area contributed by atoms with Gasteiger partial charge in [0.2, 0.25) is 0 Å². The number of Topliss-reactive ketones (excluding diaryl/α,β-unsaturated/α-hetero) is 1. The van der Waals surface area contributed by atoms with E-state index in [1.807, 2.05) is 19.9 Å². The maximum atomic E-state index is 12.4. The van der Waals surface area contributed by atoms with E-state index in [4.69, 9.17) is 10.5 Å². The molecule has 1 aromatic carbocycles. The van der Waals surface area contributed by atoms with Crippen LogP contribution in [-0.2, 0) is 0 Å². The van der Waals surface area contributed by atoms with Crippen LogP contribution in [0.2, 0.25) is 0 Å². The van der Waals surface area contributed by atoms with E-state index in [1.165, 1.54) is 0 Å². The molecule has 0 saturated heterocycles. The fourth-order valence-corrected chi connectivity index (χ4v) is 2.06. The number of ketones is 1. The fourth-order valence-electron chi connectivity index (χ4n) is 1.70. The van der Waals surface area contributed by atoms with Crippen LogP contribution in [0.4, 0.5) is 0 Å². The monoisotopic (exact) mass is 299 g/mol. The van der Waals surface area contributed by atoms with Gasteiger partial charge in [-0.2, -0.15) is 0 Å². The third kappa shape index (κ3) is 3.30. The van der Waals surface area contributed by atoms with Crippen molar-refractivity contribution in [2.45, 2.75) is 20.3 Å². The molecule has 0 heterocycles. The van der Waals surface area contributed by atoms with Gasteiger partial charge in [-0.1, -0.05) is 29.8 Å². The summed E-state index contributed by atoms with van der Waals surface area (Å²) in [5, 5.41) is 0. The van der Waals surface area contributed by atoms with Gasteiger partial charge in [0.05, 0.1) is 12.7 Å². The standard InChI is InChI=1S/C13H18BrNO2/c1-13(2,6-7-15)12(16)10-8-9(14)4-5-11(10)17-3/h4-5,8H,6-7,15H2,1-3H3. The Labute approximate surface area is 110 Å². The average Bonchev–Trinajstić information content (AvgIpc) is 2.28. The minimum atomic E-state index is -0.469. The number of hydrogen-bond acceptors (Lipinski definition) is 3. The Morgan fingerprint density at radius 2 is 2.12 bits per heavy atom. The first-order valence-corrected chi connectivity index (χ1v) is 6.30. The Kier molecular flexibility index (Phi) is 4.71. The van der Waals surface area contributed by atoms with Crippen molar-refractivity contribution in [2.75, 3.05) is 13.7 Å². The number of ether oxygens (including phenoxy) is 1. The van der Waals surface area contributed by atoms with Crippen LogP contribution in [0.1, 0.15) is 30.6 Å². The first-order chi connectivity index (χ1) is 7.92. The van der Waals surface area contributed by atoms with Crippen LogP contribution in [-0.4, -0.2) is 19.4 Å². The van der Waals surface area contributed by atoms with Gasteiger partial charge in [0, 0.05) is 9.89 Å². The predicted molar refractivity (Wildman–Crippen MR) is 72.5 cm³/mol. The number of nitrogens with two attached hydrogens (primary N) is 1. The molecule has 0 spiro atoms. The third-order valence-corrected chi connectivity index (χ3v) is 3.28. The van der Waals surface area contributed by atoms with E-state index in [2.05, 4.69) is 15.9 Å². The lowest BCUT2D eigenvalue weighted by Crippen LogP contribution is -2.27. The average molecular weight is 300 g/mol. The van der Waals surface area contributed by atoms with Gasteiger partial charge in [0.25, 0.3) is 0 Å². The lowest BCUT2D eigenvalue weighted by atomic mass is 9.81. The number of methoxy groups -OCH3 is 1. The molecule has 0 saturated carbocycles. The molecule has 0 atom stereocenters. The van der Waals surface area contributed by atoms with Gasteiger partial charge in [0.1, 0.15) is 5.75 Å². The Bertz CT molecular complexity index is 416. The summed E-state index contributed by atoms with van der Waals surface area (Å²) in [6.07, 6.45) is 0.654. The predicted octanol–water partition coefficient (Wildman–Crippen LogP) is 3.02. The largest absolute Gasteiger partial charge is 0.496 e. The van der Waals surface area contributed by atoms with Crippen molar-refractivity contribution in [2.24, 2.45) is 11.1 Å². The second-order valence-corrected chi connectivity index (χ2v) is 5.51. The van der Waals surface area contributed by atoms with E-state index in [-0.39, 0.29) is 5.78 Å². The topological polar surface area (TPSA) is 52.3 Å². The first-order valence-electron chi connectivity index (χ1n) is 5.51. The van der Waals surface area contributed by atoms with Gasteiger partial charge in [0.15, 0.2) is 5.78 Å². The zero-order valence-corrected chi connectivity index (χ0v) is 12.0. The molecule has 0 bridgehead atoms. The molecule has 0 aliphatic carbocycles. The van der Waals surface area contributed by atoms with Gasteiger partial charge < -0.3 is 10.5 Å². The Morgan fingerprint density at radius 1 is 1.47 bits per heavy atom. The second-order valence-electron chi connectivity index (χ2n) is 4.60. The summed E-state index contributed by atoms with van der Waals surface area (Å²) >= 11 is 3.37. The number of carbonyl (C=O) groups is 1. The van der Waals surface area contributed by atoms with Crippen LogP contribution < -0.4 is 10.5 Å². The van der Waals surface area contributed by atoms with E-state index < -0.39 is 5.41 Å². The maximum absolute atomic E-state index is 12.4. The molecule has 3 nitrogen and oxygen atoms in total. The molecule has 0 radical (unpaired) electrons. The molecule has 0 aliphatic rings. The maximum Gasteiger partial charge on any atom is 0.172 e. The van der Waals surface area contributed by atoms with Crippen LogP contribution in [0.15, 0.2) is 22.7 Å². The highest BCUT2D eigenvalue weighted by atomic mass is 79.9. The number of carbonyl (C=O) groups excluding carboxylic acids is 1. The van der Waals surface area contributed by atoms with E-state index in [0.29, 0.717) is 24.3 Å². The van der Waals surface area contributed by atoms with Crippen LogP contribution in [0, 0.1) is 5.41 Å². The molecule has 1 aromatic rings. The quantitative estimate of drug-likeness (QED) is 0.850. The normalized spacial score (nSPS) is 11.4. The molecule has 1 rings (SSSR count). The molecule has 0 amide bonds. The van der Waals surface area contributed by atoms with Gasteiger partial charge in [-0.05, 0) is 31.2 Å². The van der Waals surface area contributed by atoms with Crippen molar-refractivity contribution in [3.63, 3.8) is 0 Å². The smallest absolute Gasteiger partial charge is 0.172 e. The molecule has 94 valence electrons. The molecule has 2 N–H and O–H groups in total. The zero-order chi connectivity index (χ0) is 13.1. The van der Waals surface area contributed by atoms with Crippen LogP contribution in [0.3, 0.4) is 0 Å². The van der Waals surface area contributed by atoms with Crippen LogP contribution in [0.5, 0.6) is 5.75 Å². The van der Waals surface area contributed by atoms with E-state index in [9.17, 15) is 4.79 Å². The second kappa shape index (κ2) is 5.65. The molecule has 0 fully saturated rings.